The van der Waals surface area contributed by atoms with Gasteiger partial charge in [0.25, 0.3) is 0 Å². The van der Waals surface area contributed by atoms with Gasteiger partial charge < -0.3 is 10.2 Å². The van der Waals surface area contributed by atoms with Crippen molar-refractivity contribution in [2.45, 2.75) is 71.1 Å². The van der Waals surface area contributed by atoms with E-state index in [-0.39, 0.29) is 13.2 Å². The largest absolute Gasteiger partial charge is 0.390 e. The number of aliphatic hydroxyl groups excluding tert-OH is 2. The van der Waals surface area contributed by atoms with Crippen LogP contribution in [0.5, 0.6) is 0 Å². The molecule has 22 heavy (non-hydrogen) atoms. The summed E-state index contributed by atoms with van der Waals surface area (Å²) in [5, 5.41) is 18.6. The first-order valence-electron chi connectivity index (χ1n) is 9.41. The summed E-state index contributed by atoms with van der Waals surface area (Å²) in [6, 6.07) is 0. The van der Waals surface area contributed by atoms with Crippen LogP contribution in [0.3, 0.4) is 0 Å². The van der Waals surface area contributed by atoms with Gasteiger partial charge in [0.1, 0.15) is 19.6 Å². The topological polar surface area (TPSA) is 52.8 Å². The van der Waals surface area contributed by atoms with E-state index in [1.54, 1.807) is 0 Å². The second-order valence-corrected chi connectivity index (χ2v) is 6.64. The zero-order valence-corrected chi connectivity index (χ0v) is 14.6. The fourth-order valence-electron chi connectivity index (χ4n) is 3.54. The minimum Gasteiger partial charge on any atom is -0.390 e. The lowest BCUT2D eigenvalue weighted by atomic mass is 10.1. The molecule has 0 amide bonds. The van der Waals surface area contributed by atoms with Gasteiger partial charge in [0.2, 0.25) is 0 Å². The van der Waals surface area contributed by atoms with Crippen LogP contribution < -0.4 is 0 Å². The maximum Gasteiger partial charge on any atom is 0.198 e. The van der Waals surface area contributed by atoms with Crippen LogP contribution in [0.4, 0.5) is 0 Å². The van der Waals surface area contributed by atoms with Gasteiger partial charge in [-0.15, -0.1) is 0 Å². The minimum absolute atomic E-state index is 0.177. The van der Waals surface area contributed by atoms with Crippen LogP contribution in [-0.4, -0.2) is 59.9 Å². The summed E-state index contributed by atoms with van der Waals surface area (Å²) in [5.41, 5.74) is 0. The second-order valence-electron chi connectivity index (χ2n) is 6.64. The monoisotopic (exact) mass is 313 g/mol. The molecule has 1 aliphatic heterocycles. The van der Waals surface area contributed by atoms with Crippen LogP contribution in [0.2, 0.25) is 0 Å². The van der Waals surface area contributed by atoms with Crippen LogP contribution in [0.1, 0.15) is 71.1 Å². The van der Waals surface area contributed by atoms with Crippen LogP contribution in [0, 0.1) is 0 Å². The van der Waals surface area contributed by atoms with Crippen LogP contribution >= 0.6 is 0 Å². The van der Waals surface area contributed by atoms with Gasteiger partial charge in [-0.2, -0.15) is 0 Å². The van der Waals surface area contributed by atoms with E-state index in [9.17, 15) is 10.2 Å². The fourth-order valence-corrected chi connectivity index (χ4v) is 3.54. The highest BCUT2D eigenvalue weighted by atomic mass is 16.3. The number of hydrogen-bond acceptors (Lipinski definition) is 3. The number of rotatable bonds is 14. The van der Waals surface area contributed by atoms with Crippen LogP contribution in [-0.2, 0) is 0 Å². The molecule has 0 saturated carbocycles. The summed E-state index contributed by atoms with van der Waals surface area (Å²) >= 11 is 0. The third-order valence-corrected chi connectivity index (χ3v) is 4.93. The van der Waals surface area contributed by atoms with E-state index in [0.29, 0.717) is 13.1 Å². The number of quaternary nitrogens is 1. The first-order valence-corrected chi connectivity index (χ1v) is 9.41. The Hall–Kier alpha value is -0.450. The van der Waals surface area contributed by atoms with Gasteiger partial charge in [0.15, 0.2) is 5.84 Å². The predicted octanol–water partition coefficient (Wildman–Crippen LogP) is 3.12. The molecule has 0 saturated heterocycles. The molecule has 1 heterocycles. The second kappa shape index (κ2) is 12.0. The zero-order chi connectivity index (χ0) is 16.1. The van der Waals surface area contributed by atoms with E-state index < -0.39 is 0 Å². The summed E-state index contributed by atoms with van der Waals surface area (Å²) in [7, 11) is 0. The van der Waals surface area contributed by atoms with E-state index in [4.69, 9.17) is 0 Å². The normalized spacial score (nSPS) is 17.0. The minimum atomic E-state index is 0.177. The molecule has 0 unspecified atom stereocenters. The van der Waals surface area contributed by atoms with Crippen molar-refractivity contribution in [3.8, 4) is 0 Å². The van der Waals surface area contributed by atoms with Gasteiger partial charge in [-0.3, -0.25) is 4.48 Å². The maximum atomic E-state index is 9.31. The third-order valence-electron chi connectivity index (χ3n) is 4.93. The molecular formula is C18H37N2O2+. The Morgan fingerprint density at radius 3 is 1.95 bits per heavy atom. The molecule has 0 spiro atoms. The smallest absolute Gasteiger partial charge is 0.198 e. The SMILES string of the molecule is CCCCCCCCCCCC1=NCC[N+]1(CCO)CCO. The Bertz CT molecular complexity index is 299. The summed E-state index contributed by atoms with van der Waals surface area (Å²) in [6.45, 7) is 5.83. The average molecular weight is 314 g/mol. The molecule has 0 aliphatic carbocycles. The standard InChI is InChI=1S/C18H37N2O2/c1-2-3-4-5-6-7-8-9-10-11-18-19-12-13-20(18,14-16-21)15-17-22/h21-22H,2-17H2,1H3/q+1. The Balaban J connectivity index is 2.15. The Labute approximate surface area is 136 Å². The summed E-state index contributed by atoms with van der Waals surface area (Å²) < 4.78 is 0.726. The molecule has 1 rings (SSSR count). The molecule has 0 bridgehead atoms. The first-order chi connectivity index (χ1) is 10.8. The van der Waals surface area contributed by atoms with Crippen molar-refractivity contribution < 1.29 is 14.7 Å². The molecule has 0 aromatic rings. The van der Waals surface area contributed by atoms with Gasteiger partial charge in [-0.25, -0.2) is 4.99 Å². The van der Waals surface area contributed by atoms with Crippen molar-refractivity contribution in [3.63, 3.8) is 0 Å². The summed E-state index contributed by atoms with van der Waals surface area (Å²) in [6.07, 6.45) is 13.1. The average Bonchev–Trinajstić information content (AvgIpc) is 2.89. The Morgan fingerprint density at radius 1 is 0.864 bits per heavy atom. The predicted molar refractivity (Wildman–Crippen MR) is 93.2 cm³/mol. The molecule has 4 nitrogen and oxygen atoms in total. The molecule has 0 radical (unpaired) electrons. The van der Waals surface area contributed by atoms with Crippen molar-refractivity contribution in [2.75, 3.05) is 39.4 Å². The molecule has 0 fully saturated rings. The van der Waals surface area contributed by atoms with Crippen LogP contribution in [0.25, 0.3) is 0 Å². The van der Waals surface area contributed by atoms with Gasteiger partial charge in [-0.05, 0) is 6.42 Å². The molecule has 1 aliphatic rings. The highest BCUT2D eigenvalue weighted by Crippen LogP contribution is 2.20. The number of unbranched alkanes of at least 4 members (excludes halogenated alkanes) is 8. The molecular weight excluding hydrogens is 276 g/mol. The first kappa shape index (κ1) is 19.6. The molecule has 0 atom stereocenters. The van der Waals surface area contributed by atoms with E-state index >= 15 is 0 Å². The lowest BCUT2D eigenvalue weighted by molar-refractivity contribution is -0.837. The molecule has 0 aromatic heterocycles. The lowest BCUT2D eigenvalue weighted by Gasteiger charge is -2.33. The molecule has 0 aromatic carbocycles. The number of amidine groups is 1. The molecule has 4 heteroatoms. The zero-order valence-electron chi connectivity index (χ0n) is 14.6. The molecule has 130 valence electrons. The number of hydrogen-bond donors (Lipinski definition) is 2. The van der Waals surface area contributed by atoms with Gasteiger partial charge >= 0.3 is 0 Å². The van der Waals surface area contributed by atoms with Crippen molar-refractivity contribution in [1.29, 1.82) is 0 Å². The Kier molecular flexibility index (Phi) is 10.7. The summed E-state index contributed by atoms with van der Waals surface area (Å²) in [5.74, 6) is 1.21. The van der Waals surface area contributed by atoms with Gasteiger partial charge in [-0.1, -0.05) is 58.3 Å². The fraction of sp³-hybridized carbons (Fsp3) is 0.944. The molecule has 2 N–H and O–H groups in total. The van der Waals surface area contributed by atoms with E-state index in [1.165, 1.54) is 63.6 Å². The van der Waals surface area contributed by atoms with Crippen molar-refractivity contribution in [3.05, 3.63) is 0 Å². The van der Waals surface area contributed by atoms with E-state index in [1.807, 2.05) is 0 Å². The third kappa shape index (κ3) is 6.76. The highest BCUT2D eigenvalue weighted by Gasteiger charge is 2.36. The van der Waals surface area contributed by atoms with Crippen LogP contribution in [0.15, 0.2) is 4.99 Å². The van der Waals surface area contributed by atoms with E-state index in [0.717, 1.165) is 24.0 Å². The lowest BCUT2D eigenvalue weighted by Crippen LogP contribution is -2.54. The quantitative estimate of drug-likeness (QED) is 0.382. The van der Waals surface area contributed by atoms with Crippen molar-refractivity contribution in [2.24, 2.45) is 4.99 Å². The van der Waals surface area contributed by atoms with E-state index in [2.05, 4.69) is 11.9 Å². The number of aliphatic hydroxyl groups is 2. The summed E-state index contributed by atoms with van der Waals surface area (Å²) in [4.78, 5) is 4.66. The number of aliphatic imine (C=N–C) groups is 1. The Morgan fingerprint density at radius 2 is 1.41 bits per heavy atom. The van der Waals surface area contributed by atoms with Crippen molar-refractivity contribution >= 4 is 5.84 Å². The van der Waals surface area contributed by atoms with Gasteiger partial charge in [0, 0.05) is 6.42 Å². The number of nitrogens with zero attached hydrogens (tertiary/aromatic N) is 2. The maximum absolute atomic E-state index is 9.31. The highest BCUT2D eigenvalue weighted by molar-refractivity contribution is 5.76. The van der Waals surface area contributed by atoms with Gasteiger partial charge in [0.05, 0.1) is 19.8 Å². The van der Waals surface area contributed by atoms with Crippen molar-refractivity contribution in [1.82, 2.24) is 0 Å².